The highest BCUT2D eigenvalue weighted by molar-refractivity contribution is 7.99. The Hall–Kier alpha value is -0.860. The zero-order valence-electron chi connectivity index (χ0n) is 9.19. The maximum absolute atomic E-state index is 12.2. The van der Waals surface area contributed by atoms with Crippen LogP contribution in [0, 0.1) is 0 Å². The fraction of sp³-hybridized carbons (Fsp3) is 0.556. The largest absolute Gasteiger partial charge is 0.435 e. The lowest BCUT2D eigenvalue weighted by Crippen LogP contribution is -2.16. The molecule has 0 N–H and O–H groups in total. The first-order valence-corrected chi connectivity index (χ1v) is 5.55. The van der Waals surface area contributed by atoms with Crippen molar-refractivity contribution in [3.63, 3.8) is 0 Å². The van der Waals surface area contributed by atoms with Crippen molar-refractivity contribution in [3.8, 4) is 0 Å². The quantitative estimate of drug-likeness (QED) is 0.605. The minimum Gasteiger partial charge on any atom is -0.355 e. The summed E-state index contributed by atoms with van der Waals surface area (Å²) in [6, 6.07) is 2.16. The molecule has 0 unspecified atom stereocenters. The molecule has 0 atom stereocenters. The van der Waals surface area contributed by atoms with E-state index in [2.05, 4.69) is 10.2 Å². The molecule has 1 rings (SSSR count). The summed E-state index contributed by atoms with van der Waals surface area (Å²) in [5, 5.41) is 6.96. The van der Waals surface area contributed by atoms with Crippen LogP contribution in [0.5, 0.6) is 0 Å². The summed E-state index contributed by atoms with van der Waals surface area (Å²) in [7, 11) is 2.96. The maximum Gasteiger partial charge on any atom is 0.435 e. The maximum atomic E-state index is 12.2. The van der Waals surface area contributed by atoms with Gasteiger partial charge in [0.1, 0.15) is 5.03 Å². The van der Waals surface area contributed by atoms with Gasteiger partial charge in [-0.25, -0.2) is 0 Å². The summed E-state index contributed by atoms with van der Waals surface area (Å²) in [4.78, 5) is 0. The van der Waals surface area contributed by atoms with Gasteiger partial charge in [-0.1, -0.05) is 11.8 Å². The number of aromatic nitrogens is 2. The summed E-state index contributed by atoms with van der Waals surface area (Å²) in [5.74, 6) is 0.424. The molecule has 0 aliphatic rings. The Morgan fingerprint density at radius 3 is 2.29 bits per heavy atom. The van der Waals surface area contributed by atoms with Gasteiger partial charge in [-0.15, -0.1) is 10.2 Å². The molecule has 0 amide bonds. The summed E-state index contributed by atoms with van der Waals surface area (Å²) in [5.41, 5.74) is -1.00. The van der Waals surface area contributed by atoms with Crippen LogP contribution in [0.3, 0.4) is 0 Å². The number of ether oxygens (including phenoxy) is 2. The van der Waals surface area contributed by atoms with Crippen molar-refractivity contribution in [2.45, 2.75) is 17.5 Å². The highest BCUT2D eigenvalue weighted by Crippen LogP contribution is 2.27. The molecule has 0 saturated heterocycles. The minimum absolute atomic E-state index is 0.386. The Labute approximate surface area is 101 Å². The number of methoxy groups -OCH3 is 2. The van der Waals surface area contributed by atoms with E-state index < -0.39 is 18.2 Å². The summed E-state index contributed by atoms with van der Waals surface area (Å²) in [6.07, 6.45) is -4.89. The van der Waals surface area contributed by atoms with Gasteiger partial charge in [-0.2, -0.15) is 13.2 Å². The fourth-order valence-corrected chi connectivity index (χ4v) is 1.78. The second kappa shape index (κ2) is 6.18. The summed E-state index contributed by atoms with van der Waals surface area (Å²) < 4.78 is 46.4. The van der Waals surface area contributed by atoms with Gasteiger partial charge >= 0.3 is 6.18 Å². The molecule has 4 nitrogen and oxygen atoms in total. The van der Waals surface area contributed by atoms with Gasteiger partial charge in [0.05, 0.1) is 5.75 Å². The molecule has 0 bridgehead atoms. The third-order valence-corrected chi connectivity index (χ3v) is 2.78. The topological polar surface area (TPSA) is 44.2 Å². The van der Waals surface area contributed by atoms with Crippen LogP contribution in [0.4, 0.5) is 13.2 Å². The van der Waals surface area contributed by atoms with E-state index in [0.29, 0.717) is 10.8 Å². The third kappa shape index (κ3) is 4.49. The van der Waals surface area contributed by atoms with E-state index in [9.17, 15) is 13.2 Å². The number of halogens is 3. The number of hydrogen-bond acceptors (Lipinski definition) is 5. The Bertz CT molecular complexity index is 341. The smallest absolute Gasteiger partial charge is 0.355 e. The third-order valence-electron chi connectivity index (χ3n) is 1.82. The van der Waals surface area contributed by atoms with Crippen LogP contribution in [0.1, 0.15) is 5.69 Å². The molecule has 0 aliphatic carbocycles. The van der Waals surface area contributed by atoms with Crippen LogP contribution in [0.2, 0.25) is 0 Å². The highest BCUT2D eigenvalue weighted by Gasteiger charge is 2.32. The molecular formula is C9H11F3N2O2S. The van der Waals surface area contributed by atoms with Crippen molar-refractivity contribution in [1.82, 2.24) is 10.2 Å². The monoisotopic (exact) mass is 268 g/mol. The number of rotatable bonds is 5. The molecule has 8 heteroatoms. The zero-order chi connectivity index (χ0) is 12.9. The van der Waals surface area contributed by atoms with Gasteiger partial charge in [0.25, 0.3) is 0 Å². The Balaban J connectivity index is 2.57. The van der Waals surface area contributed by atoms with Crippen molar-refractivity contribution in [3.05, 3.63) is 17.8 Å². The van der Waals surface area contributed by atoms with Crippen LogP contribution in [-0.2, 0) is 15.7 Å². The first-order valence-electron chi connectivity index (χ1n) is 4.56. The van der Waals surface area contributed by atoms with E-state index >= 15 is 0 Å². The molecule has 0 saturated carbocycles. The van der Waals surface area contributed by atoms with Gasteiger partial charge < -0.3 is 9.47 Å². The van der Waals surface area contributed by atoms with Gasteiger partial charge in [-0.3, -0.25) is 0 Å². The summed E-state index contributed by atoms with van der Waals surface area (Å²) >= 11 is 1.21. The van der Waals surface area contributed by atoms with E-state index in [1.165, 1.54) is 32.0 Å². The van der Waals surface area contributed by atoms with Crippen molar-refractivity contribution in [2.24, 2.45) is 0 Å². The van der Waals surface area contributed by atoms with E-state index in [4.69, 9.17) is 9.47 Å². The molecule has 0 radical (unpaired) electrons. The van der Waals surface area contributed by atoms with Gasteiger partial charge in [-0.05, 0) is 12.1 Å². The predicted octanol–water partition coefficient (Wildman–Crippen LogP) is 2.21. The van der Waals surface area contributed by atoms with Crippen molar-refractivity contribution < 1.29 is 22.6 Å². The molecule has 0 spiro atoms. The average Bonchev–Trinajstić information content (AvgIpc) is 2.30. The van der Waals surface area contributed by atoms with Crippen LogP contribution < -0.4 is 0 Å². The standard InChI is InChI=1S/C9H11F3N2O2S/c1-15-8(16-2)5-17-7-4-3-6(13-14-7)9(10,11)12/h3-4,8H,5H2,1-2H3. The van der Waals surface area contributed by atoms with Gasteiger partial charge in [0, 0.05) is 14.2 Å². The predicted molar refractivity (Wildman–Crippen MR) is 55.6 cm³/mol. The second-order valence-corrected chi connectivity index (χ2v) is 4.01. The number of nitrogens with zero attached hydrogens (tertiary/aromatic N) is 2. The molecule has 1 heterocycles. The van der Waals surface area contributed by atoms with Crippen LogP contribution >= 0.6 is 11.8 Å². The molecule has 1 aromatic rings. The van der Waals surface area contributed by atoms with Crippen molar-refractivity contribution in [2.75, 3.05) is 20.0 Å². The summed E-state index contributed by atoms with van der Waals surface area (Å²) in [6.45, 7) is 0. The second-order valence-electron chi connectivity index (χ2n) is 2.97. The van der Waals surface area contributed by atoms with Gasteiger partial charge in [0.15, 0.2) is 12.0 Å². The van der Waals surface area contributed by atoms with E-state index in [1.807, 2.05) is 0 Å². The number of hydrogen-bond donors (Lipinski definition) is 0. The lowest BCUT2D eigenvalue weighted by molar-refractivity contribution is -0.141. The number of alkyl halides is 3. The lowest BCUT2D eigenvalue weighted by Gasteiger charge is -2.12. The van der Waals surface area contributed by atoms with E-state index in [0.717, 1.165) is 6.07 Å². The zero-order valence-corrected chi connectivity index (χ0v) is 10.0. The lowest BCUT2D eigenvalue weighted by atomic mass is 10.4. The molecule has 96 valence electrons. The Morgan fingerprint density at radius 1 is 1.24 bits per heavy atom. The normalized spacial score (nSPS) is 12.1. The van der Waals surface area contributed by atoms with Crippen LogP contribution in [0.15, 0.2) is 17.2 Å². The SMILES string of the molecule is COC(CSc1ccc(C(F)(F)F)nn1)OC. The van der Waals surface area contributed by atoms with Crippen molar-refractivity contribution in [1.29, 1.82) is 0 Å². The molecule has 17 heavy (non-hydrogen) atoms. The first kappa shape index (κ1) is 14.2. The fourth-order valence-electron chi connectivity index (χ4n) is 0.934. The molecule has 0 aliphatic heterocycles. The van der Waals surface area contributed by atoms with Gasteiger partial charge in [0.2, 0.25) is 0 Å². The molecular weight excluding hydrogens is 257 g/mol. The van der Waals surface area contributed by atoms with E-state index in [1.54, 1.807) is 0 Å². The van der Waals surface area contributed by atoms with Crippen molar-refractivity contribution >= 4 is 11.8 Å². The minimum atomic E-state index is -4.46. The highest BCUT2D eigenvalue weighted by atomic mass is 32.2. The average molecular weight is 268 g/mol. The molecule has 0 aromatic carbocycles. The first-order chi connectivity index (χ1) is 7.97. The van der Waals surface area contributed by atoms with E-state index in [-0.39, 0.29) is 0 Å². The van der Waals surface area contributed by atoms with Crippen LogP contribution in [0.25, 0.3) is 0 Å². The number of thioether (sulfide) groups is 1. The Morgan fingerprint density at radius 2 is 1.88 bits per heavy atom. The molecule has 1 aromatic heterocycles. The van der Waals surface area contributed by atoms with Crippen LogP contribution in [-0.4, -0.2) is 36.5 Å². The molecule has 0 fully saturated rings. The Kier molecular flexibility index (Phi) is 5.16.